The first-order valence-corrected chi connectivity index (χ1v) is 7.90. The van der Waals surface area contributed by atoms with Gasteiger partial charge in [-0.25, -0.2) is 0 Å². The van der Waals surface area contributed by atoms with Crippen LogP contribution in [0.5, 0.6) is 0 Å². The Hall–Kier alpha value is -2.74. The van der Waals surface area contributed by atoms with E-state index in [1.54, 1.807) is 12.1 Å². The molecule has 0 aromatic heterocycles. The largest absolute Gasteiger partial charge is 0.293 e. The average molecular weight is 298 g/mol. The molecular weight excluding hydrogens is 284 g/mol. The third kappa shape index (κ3) is 1.48. The van der Waals surface area contributed by atoms with E-state index in [1.807, 2.05) is 30.3 Å². The molecule has 3 aromatic carbocycles. The molecule has 1 atom stereocenters. The van der Waals surface area contributed by atoms with Crippen LogP contribution in [0.1, 0.15) is 38.6 Å². The molecule has 23 heavy (non-hydrogen) atoms. The molecule has 3 aromatic rings. The van der Waals surface area contributed by atoms with Gasteiger partial charge in [0.15, 0.2) is 11.6 Å². The van der Waals surface area contributed by atoms with Crippen molar-refractivity contribution >= 4 is 22.3 Å². The Labute approximate surface area is 133 Å². The first-order chi connectivity index (χ1) is 11.2. The summed E-state index contributed by atoms with van der Waals surface area (Å²) in [5.41, 5.74) is 1.48. The fourth-order valence-corrected chi connectivity index (χ4v) is 4.16. The van der Waals surface area contributed by atoms with E-state index in [0.29, 0.717) is 17.5 Å². The minimum absolute atomic E-state index is 0.000926. The van der Waals surface area contributed by atoms with Gasteiger partial charge in [-0.1, -0.05) is 66.7 Å². The monoisotopic (exact) mass is 298 g/mol. The summed E-state index contributed by atoms with van der Waals surface area (Å²) >= 11 is 0. The lowest BCUT2D eigenvalue weighted by Crippen LogP contribution is -2.19. The number of hydrogen-bond acceptors (Lipinski definition) is 2. The summed E-state index contributed by atoms with van der Waals surface area (Å²) < 4.78 is 0. The molecule has 0 radical (unpaired) electrons. The van der Waals surface area contributed by atoms with Crippen LogP contribution in [0.15, 0.2) is 66.7 Å². The Morgan fingerprint density at radius 3 is 2.09 bits per heavy atom. The molecule has 1 spiro atoms. The van der Waals surface area contributed by atoms with Gasteiger partial charge >= 0.3 is 0 Å². The number of fused-ring (bicyclic) bond motifs is 2. The molecular formula is C21H14O2. The van der Waals surface area contributed by atoms with Crippen LogP contribution in [-0.2, 0) is 0 Å². The molecule has 110 valence electrons. The van der Waals surface area contributed by atoms with Gasteiger partial charge in [0.1, 0.15) is 5.41 Å². The van der Waals surface area contributed by atoms with Gasteiger partial charge in [-0.15, -0.1) is 0 Å². The van der Waals surface area contributed by atoms with Gasteiger partial charge < -0.3 is 0 Å². The van der Waals surface area contributed by atoms with Crippen molar-refractivity contribution in [3.05, 3.63) is 83.4 Å². The number of Topliss-reactive ketones (excluding diaryl/α,β-unsaturated/α-hetero) is 2. The number of rotatable bonds is 1. The van der Waals surface area contributed by atoms with Crippen molar-refractivity contribution in [3.63, 3.8) is 0 Å². The van der Waals surface area contributed by atoms with Crippen molar-refractivity contribution in [2.24, 2.45) is 5.41 Å². The molecule has 0 saturated heterocycles. The fourth-order valence-electron chi connectivity index (χ4n) is 4.16. The molecule has 1 unspecified atom stereocenters. The Morgan fingerprint density at radius 2 is 1.35 bits per heavy atom. The zero-order valence-electron chi connectivity index (χ0n) is 12.5. The summed E-state index contributed by atoms with van der Waals surface area (Å²) in [4.78, 5) is 25.8. The third-order valence-electron chi connectivity index (χ3n) is 5.39. The lowest BCUT2D eigenvalue weighted by atomic mass is 9.91. The Kier molecular flexibility index (Phi) is 2.31. The van der Waals surface area contributed by atoms with Crippen LogP contribution in [0.2, 0.25) is 0 Å². The second kappa shape index (κ2) is 4.17. The Bertz CT molecular complexity index is 959. The van der Waals surface area contributed by atoms with Gasteiger partial charge in [-0.05, 0) is 22.8 Å². The molecule has 0 heterocycles. The van der Waals surface area contributed by atoms with E-state index < -0.39 is 5.41 Å². The van der Waals surface area contributed by atoms with Gasteiger partial charge in [-0.3, -0.25) is 9.59 Å². The van der Waals surface area contributed by atoms with Crippen molar-refractivity contribution < 1.29 is 9.59 Å². The second-order valence-corrected chi connectivity index (χ2v) is 6.50. The topological polar surface area (TPSA) is 34.1 Å². The minimum atomic E-state index is -0.839. The van der Waals surface area contributed by atoms with E-state index in [-0.39, 0.29) is 17.5 Å². The van der Waals surface area contributed by atoms with E-state index in [1.165, 1.54) is 0 Å². The number of carbonyl (C=O) groups is 2. The van der Waals surface area contributed by atoms with Crippen molar-refractivity contribution in [2.45, 2.75) is 12.3 Å². The molecule has 5 rings (SSSR count). The third-order valence-corrected chi connectivity index (χ3v) is 5.39. The fraction of sp³-hybridized carbons (Fsp3) is 0.143. The molecule has 1 fully saturated rings. The predicted molar refractivity (Wildman–Crippen MR) is 88.8 cm³/mol. The van der Waals surface area contributed by atoms with E-state index in [2.05, 4.69) is 24.3 Å². The molecule has 0 aliphatic heterocycles. The standard InChI is InChI=1S/C21H14O2/c22-19-16-9-3-4-10-17(16)20(23)21(19)12-18(21)15-11-5-7-13-6-1-2-8-14(13)15/h1-11,18H,12H2. The highest BCUT2D eigenvalue weighted by molar-refractivity contribution is 6.32. The molecule has 2 aliphatic rings. The summed E-state index contributed by atoms with van der Waals surface area (Å²) in [6.45, 7) is 0. The Balaban J connectivity index is 1.67. The van der Waals surface area contributed by atoms with Gasteiger partial charge in [-0.2, -0.15) is 0 Å². The number of hydrogen-bond donors (Lipinski definition) is 0. The van der Waals surface area contributed by atoms with E-state index in [9.17, 15) is 9.59 Å². The SMILES string of the molecule is O=C1c2ccccc2C(=O)C12CC2c1cccc2ccccc12. The van der Waals surface area contributed by atoms with Gasteiger partial charge in [0, 0.05) is 17.0 Å². The van der Waals surface area contributed by atoms with E-state index >= 15 is 0 Å². The van der Waals surface area contributed by atoms with Crippen molar-refractivity contribution in [1.82, 2.24) is 0 Å². The molecule has 2 aliphatic carbocycles. The summed E-state index contributed by atoms with van der Waals surface area (Å²) in [6.07, 6.45) is 0.632. The average Bonchev–Trinajstić information content (AvgIpc) is 3.32. The maximum absolute atomic E-state index is 12.9. The molecule has 0 bridgehead atoms. The quantitative estimate of drug-likeness (QED) is 0.624. The molecule has 0 amide bonds. The number of ketones is 2. The minimum Gasteiger partial charge on any atom is -0.293 e. The van der Waals surface area contributed by atoms with Crippen molar-refractivity contribution in [2.75, 3.05) is 0 Å². The number of carbonyl (C=O) groups excluding carboxylic acids is 2. The normalized spacial score (nSPS) is 21.0. The van der Waals surface area contributed by atoms with Crippen LogP contribution in [-0.4, -0.2) is 11.6 Å². The smallest absolute Gasteiger partial charge is 0.178 e. The summed E-state index contributed by atoms with van der Waals surface area (Å²) in [5.74, 6) is 0.0214. The second-order valence-electron chi connectivity index (χ2n) is 6.50. The summed E-state index contributed by atoms with van der Waals surface area (Å²) in [7, 11) is 0. The maximum Gasteiger partial charge on any atom is 0.178 e. The highest BCUT2D eigenvalue weighted by Crippen LogP contribution is 2.66. The van der Waals surface area contributed by atoms with Crippen LogP contribution in [0.25, 0.3) is 10.8 Å². The van der Waals surface area contributed by atoms with E-state index in [4.69, 9.17) is 0 Å². The van der Waals surface area contributed by atoms with Gasteiger partial charge in [0.2, 0.25) is 0 Å². The molecule has 2 nitrogen and oxygen atoms in total. The van der Waals surface area contributed by atoms with Crippen LogP contribution in [0.3, 0.4) is 0 Å². The van der Waals surface area contributed by atoms with Crippen LogP contribution >= 0.6 is 0 Å². The van der Waals surface area contributed by atoms with Crippen molar-refractivity contribution in [1.29, 1.82) is 0 Å². The van der Waals surface area contributed by atoms with Crippen LogP contribution in [0, 0.1) is 5.41 Å². The maximum atomic E-state index is 12.9. The molecule has 2 heteroatoms. The van der Waals surface area contributed by atoms with Crippen LogP contribution < -0.4 is 0 Å². The first kappa shape index (κ1) is 12.8. The summed E-state index contributed by atoms with van der Waals surface area (Å²) in [5, 5.41) is 2.30. The summed E-state index contributed by atoms with van der Waals surface area (Å²) in [6, 6.07) is 21.5. The van der Waals surface area contributed by atoms with Crippen molar-refractivity contribution in [3.8, 4) is 0 Å². The highest BCUT2D eigenvalue weighted by Gasteiger charge is 2.69. The zero-order chi connectivity index (χ0) is 15.6. The van der Waals surface area contributed by atoms with E-state index in [0.717, 1.165) is 16.3 Å². The van der Waals surface area contributed by atoms with Crippen LogP contribution in [0.4, 0.5) is 0 Å². The zero-order valence-corrected chi connectivity index (χ0v) is 12.5. The Morgan fingerprint density at radius 1 is 0.739 bits per heavy atom. The first-order valence-electron chi connectivity index (χ1n) is 7.90. The predicted octanol–water partition coefficient (Wildman–Crippen LogP) is 4.39. The van der Waals surface area contributed by atoms with Gasteiger partial charge in [0.25, 0.3) is 0 Å². The number of benzene rings is 3. The molecule has 0 N–H and O–H groups in total. The highest BCUT2D eigenvalue weighted by atomic mass is 16.2. The molecule has 1 saturated carbocycles. The lowest BCUT2D eigenvalue weighted by molar-refractivity contribution is 0.0809. The van der Waals surface area contributed by atoms with Gasteiger partial charge in [0.05, 0.1) is 0 Å². The lowest BCUT2D eigenvalue weighted by Gasteiger charge is -2.09.